The van der Waals surface area contributed by atoms with Gasteiger partial charge >= 0.3 is 12.3 Å². The molecule has 2 N–H and O–H groups in total. The number of dihydropyridines is 1. The number of carbonyl (C=O) groups excluding carboxylic acids is 1. The van der Waals surface area contributed by atoms with E-state index in [0.29, 0.717) is 29.3 Å². The highest BCUT2D eigenvalue weighted by molar-refractivity contribution is 5.64. The summed E-state index contributed by atoms with van der Waals surface area (Å²) in [5.74, 6) is -0.112. The minimum Gasteiger partial charge on any atom is -0.489 e. The minimum atomic E-state index is -1.48. The second-order valence-electron chi connectivity index (χ2n) is 7.78. The first-order valence-corrected chi connectivity index (χ1v) is 10.3. The molecule has 8 heteroatoms. The third kappa shape index (κ3) is 5.65. The number of aryl methyl sites for hydroxylation is 2. The zero-order valence-electron chi connectivity index (χ0n) is 19.2. The number of hydrogen-bond donors (Lipinski definition) is 2. The maximum Gasteiger partial charge on any atom is 0.513 e. The molecule has 1 atom stereocenters. The van der Waals surface area contributed by atoms with Crippen LogP contribution in [0, 0.1) is 13.8 Å². The smallest absolute Gasteiger partial charge is 0.489 e. The Morgan fingerprint density at radius 3 is 2.15 bits per heavy atom. The van der Waals surface area contributed by atoms with Crippen LogP contribution in [-0.2, 0) is 20.8 Å². The van der Waals surface area contributed by atoms with Crippen LogP contribution < -0.4 is 10.1 Å². The lowest BCUT2D eigenvalue weighted by Crippen LogP contribution is -2.29. The molecule has 0 aromatic heterocycles. The van der Waals surface area contributed by atoms with E-state index in [1.165, 1.54) is 7.11 Å². The molecule has 1 aliphatic rings. The minimum absolute atomic E-state index is 0.0782. The molecule has 1 heterocycles. The van der Waals surface area contributed by atoms with Gasteiger partial charge in [-0.25, -0.2) is 9.59 Å². The van der Waals surface area contributed by atoms with Crippen molar-refractivity contribution in [2.45, 2.75) is 40.2 Å². The lowest BCUT2D eigenvalue weighted by molar-refractivity contribution is 0.0845. The van der Waals surface area contributed by atoms with Gasteiger partial charge in [0.1, 0.15) is 29.8 Å². The van der Waals surface area contributed by atoms with E-state index in [1.54, 1.807) is 32.0 Å². The van der Waals surface area contributed by atoms with Gasteiger partial charge in [-0.1, -0.05) is 47.5 Å². The van der Waals surface area contributed by atoms with Crippen LogP contribution in [0.2, 0.25) is 0 Å². The highest BCUT2D eigenvalue weighted by atomic mass is 16.7. The summed E-state index contributed by atoms with van der Waals surface area (Å²) in [6.07, 6.45) is -2.42. The Morgan fingerprint density at radius 1 is 0.939 bits per heavy atom. The van der Waals surface area contributed by atoms with Gasteiger partial charge in [-0.2, -0.15) is 0 Å². The predicted molar refractivity (Wildman–Crippen MR) is 121 cm³/mol. The van der Waals surface area contributed by atoms with Gasteiger partial charge in [-0.15, -0.1) is 0 Å². The van der Waals surface area contributed by atoms with E-state index in [0.717, 1.165) is 16.7 Å². The average Bonchev–Trinajstić information content (AvgIpc) is 2.75. The molecule has 1 unspecified atom stereocenters. The first kappa shape index (κ1) is 23.7. The number of para-hydroxylation sites is 1. The van der Waals surface area contributed by atoms with Gasteiger partial charge in [0.25, 0.3) is 0 Å². The van der Waals surface area contributed by atoms with Crippen LogP contribution in [-0.4, -0.2) is 24.5 Å². The van der Waals surface area contributed by atoms with E-state index in [-0.39, 0.29) is 11.5 Å². The molecule has 0 radical (unpaired) electrons. The zero-order valence-corrected chi connectivity index (χ0v) is 19.2. The third-order valence-electron chi connectivity index (χ3n) is 5.10. The van der Waals surface area contributed by atoms with Crippen molar-refractivity contribution in [1.82, 2.24) is 5.32 Å². The lowest BCUT2D eigenvalue weighted by Gasteiger charge is -2.30. The summed E-state index contributed by atoms with van der Waals surface area (Å²) < 4.78 is 21.4. The molecular formula is C25H27NO7. The van der Waals surface area contributed by atoms with Crippen LogP contribution in [0.5, 0.6) is 5.75 Å². The number of nitrogens with one attached hydrogen (secondary N) is 1. The summed E-state index contributed by atoms with van der Waals surface area (Å²) >= 11 is 0. The number of allylic oxidation sites excluding steroid dienone is 2. The Kier molecular flexibility index (Phi) is 7.27. The number of carboxylic acid groups (broad SMARTS) is 1. The van der Waals surface area contributed by atoms with Gasteiger partial charge in [0.05, 0.1) is 18.5 Å². The van der Waals surface area contributed by atoms with Crippen molar-refractivity contribution in [3.63, 3.8) is 0 Å². The van der Waals surface area contributed by atoms with Crippen molar-refractivity contribution in [2.24, 2.45) is 0 Å². The molecule has 0 saturated carbocycles. The number of carbonyl (C=O) groups is 2. The standard InChI is InChI=1S/C25H27NO7/c1-14-10-15(2)12-18(11-14)13-31-20-9-7-6-8-19(20)21-22(32-24(27)28)16(3)26-17(4)23(21)33-25(29)30-5/h6-12,21,26H,13H2,1-5H3,(H,27,28). The van der Waals surface area contributed by atoms with Gasteiger partial charge < -0.3 is 29.4 Å². The maximum atomic E-state index is 12.0. The van der Waals surface area contributed by atoms with Gasteiger partial charge in [-0.3, -0.25) is 0 Å². The molecule has 2 aromatic carbocycles. The van der Waals surface area contributed by atoms with E-state index in [2.05, 4.69) is 16.1 Å². The van der Waals surface area contributed by atoms with Gasteiger partial charge in [0.2, 0.25) is 0 Å². The fourth-order valence-corrected chi connectivity index (χ4v) is 3.90. The molecule has 0 saturated heterocycles. The van der Waals surface area contributed by atoms with Crippen molar-refractivity contribution in [2.75, 3.05) is 7.11 Å². The first-order valence-electron chi connectivity index (χ1n) is 10.3. The van der Waals surface area contributed by atoms with Crippen molar-refractivity contribution in [3.8, 4) is 5.75 Å². The van der Waals surface area contributed by atoms with Crippen molar-refractivity contribution in [3.05, 3.63) is 87.6 Å². The van der Waals surface area contributed by atoms with Crippen LogP contribution in [0.1, 0.15) is 42.0 Å². The van der Waals surface area contributed by atoms with E-state index in [4.69, 9.17) is 14.2 Å². The van der Waals surface area contributed by atoms with Crippen LogP contribution in [0.4, 0.5) is 9.59 Å². The number of rotatable bonds is 6. The summed E-state index contributed by atoms with van der Waals surface area (Å²) in [7, 11) is 1.19. The SMILES string of the molecule is COC(=O)OC1=C(C)NC(C)=C(OC(=O)O)C1c1ccccc1OCc1cc(C)cc(C)c1. The second-order valence-corrected chi connectivity index (χ2v) is 7.78. The van der Waals surface area contributed by atoms with E-state index >= 15 is 0 Å². The van der Waals surface area contributed by atoms with Crippen LogP contribution in [0.15, 0.2) is 65.4 Å². The highest BCUT2D eigenvalue weighted by Gasteiger charge is 2.36. The molecule has 0 fully saturated rings. The molecule has 0 bridgehead atoms. The molecular weight excluding hydrogens is 426 g/mol. The number of benzene rings is 2. The summed E-state index contributed by atoms with van der Waals surface area (Å²) in [6.45, 7) is 7.74. The summed E-state index contributed by atoms with van der Waals surface area (Å²) in [5, 5.41) is 12.3. The molecule has 174 valence electrons. The number of ether oxygens (including phenoxy) is 4. The van der Waals surface area contributed by atoms with Crippen LogP contribution >= 0.6 is 0 Å². The van der Waals surface area contributed by atoms with Crippen molar-refractivity contribution in [1.29, 1.82) is 0 Å². The van der Waals surface area contributed by atoms with Crippen LogP contribution in [0.3, 0.4) is 0 Å². The summed E-state index contributed by atoms with van der Waals surface area (Å²) in [5.41, 5.74) is 4.83. The Bertz CT molecular complexity index is 1110. The molecule has 0 spiro atoms. The monoisotopic (exact) mass is 453 g/mol. The zero-order chi connectivity index (χ0) is 24.1. The average molecular weight is 453 g/mol. The molecule has 0 amide bonds. The van der Waals surface area contributed by atoms with E-state index in [1.807, 2.05) is 32.0 Å². The van der Waals surface area contributed by atoms with Gasteiger partial charge in [0, 0.05) is 5.56 Å². The number of methoxy groups -OCH3 is 1. The Labute approximate surface area is 192 Å². The topological polar surface area (TPSA) is 103 Å². The van der Waals surface area contributed by atoms with Crippen molar-refractivity contribution < 1.29 is 33.6 Å². The van der Waals surface area contributed by atoms with Crippen molar-refractivity contribution >= 4 is 12.3 Å². The quantitative estimate of drug-likeness (QED) is 0.552. The predicted octanol–water partition coefficient (Wildman–Crippen LogP) is 5.51. The summed E-state index contributed by atoms with van der Waals surface area (Å²) in [4.78, 5) is 23.4. The first-order chi connectivity index (χ1) is 15.7. The Morgan fingerprint density at radius 2 is 1.55 bits per heavy atom. The number of hydrogen-bond acceptors (Lipinski definition) is 7. The summed E-state index contributed by atoms with van der Waals surface area (Å²) in [6, 6.07) is 13.3. The van der Waals surface area contributed by atoms with Gasteiger partial charge in [-0.05, 0) is 39.3 Å². The largest absolute Gasteiger partial charge is 0.513 e. The lowest BCUT2D eigenvalue weighted by atomic mass is 9.90. The molecule has 2 aromatic rings. The second kappa shape index (κ2) is 10.1. The van der Waals surface area contributed by atoms with E-state index in [9.17, 15) is 14.7 Å². The highest BCUT2D eigenvalue weighted by Crippen LogP contribution is 2.43. The molecule has 1 aliphatic heterocycles. The molecule has 33 heavy (non-hydrogen) atoms. The Hall–Kier alpha value is -3.94. The normalized spacial score (nSPS) is 15.6. The molecule has 3 rings (SSSR count). The fourth-order valence-electron chi connectivity index (χ4n) is 3.90. The van der Waals surface area contributed by atoms with Gasteiger partial charge in [0.15, 0.2) is 0 Å². The molecule has 8 nitrogen and oxygen atoms in total. The Balaban J connectivity index is 2.04. The maximum absolute atomic E-state index is 12.0. The third-order valence-corrected chi connectivity index (χ3v) is 5.10. The van der Waals surface area contributed by atoms with E-state index < -0.39 is 18.2 Å². The molecule has 0 aliphatic carbocycles. The fraction of sp³-hybridized carbons (Fsp3) is 0.280. The van der Waals surface area contributed by atoms with Crippen LogP contribution in [0.25, 0.3) is 0 Å².